The summed E-state index contributed by atoms with van der Waals surface area (Å²) in [6, 6.07) is 1.87. The molecule has 4 heteroatoms. The second-order valence-corrected chi connectivity index (χ2v) is 4.46. The van der Waals surface area contributed by atoms with Crippen LogP contribution < -0.4 is 5.43 Å². The van der Waals surface area contributed by atoms with E-state index in [9.17, 15) is 13.6 Å². The lowest BCUT2D eigenvalue weighted by Crippen LogP contribution is -2.16. The van der Waals surface area contributed by atoms with Crippen molar-refractivity contribution in [3.8, 4) is 0 Å². The zero-order valence-corrected chi connectivity index (χ0v) is 9.90. The largest absolute Gasteiger partial charge is 0.358 e. The fourth-order valence-corrected chi connectivity index (χ4v) is 2.17. The van der Waals surface area contributed by atoms with Gasteiger partial charge in [0.2, 0.25) is 0 Å². The summed E-state index contributed by atoms with van der Waals surface area (Å²) < 4.78 is 26.7. The Balaban J connectivity index is 2.98. The summed E-state index contributed by atoms with van der Waals surface area (Å²) in [5, 5.41) is -0.0688. The lowest BCUT2D eigenvalue weighted by Gasteiger charge is -2.11. The van der Waals surface area contributed by atoms with Crippen LogP contribution in [0.15, 0.2) is 16.9 Å². The van der Waals surface area contributed by atoms with Crippen molar-refractivity contribution in [2.45, 2.75) is 26.7 Å². The molecule has 0 bridgehead atoms. The SMILES string of the molecule is Cc1[nH]c2cc(F)cc(F)c2c(=O)c1C(C)C. The predicted octanol–water partition coefficient (Wildman–Crippen LogP) is 3.24. The van der Waals surface area contributed by atoms with Crippen molar-refractivity contribution < 1.29 is 8.78 Å². The number of hydrogen-bond donors (Lipinski definition) is 1. The third-order valence-electron chi connectivity index (χ3n) is 2.83. The lowest BCUT2D eigenvalue weighted by molar-refractivity contribution is 0.591. The monoisotopic (exact) mass is 237 g/mol. The summed E-state index contributed by atoms with van der Waals surface area (Å²) in [6.07, 6.45) is 0. The summed E-state index contributed by atoms with van der Waals surface area (Å²) in [5.74, 6) is -1.52. The number of pyridine rings is 1. The van der Waals surface area contributed by atoms with E-state index in [1.165, 1.54) is 0 Å². The van der Waals surface area contributed by atoms with Crippen LogP contribution in [0.4, 0.5) is 8.78 Å². The second-order valence-electron chi connectivity index (χ2n) is 4.46. The second kappa shape index (κ2) is 3.95. The van der Waals surface area contributed by atoms with Gasteiger partial charge in [0.25, 0.3) is 0 Å². The summed E-state index contributed by atoms with van der Waals surface area (Å²) in [4.78, 5) is 15.0. The highest BCUT2D eigenvalue weighted by molar-refractivity contribution is 5.80. The fourth-order valence-electron chi connectivity index (χ4n) is 2.17. The Bertz CT molecular complexity index is 644. The number of halogens is 2. The number of aromatic nitrogens is 1. The molecule has 0 atom stereocenters. The van der Waals surface area contributed by atoms with Gasteiger partial charge in [0.05, 0.1) is 10.9 Å². The molecule has 0 amide bonds. The highest BCUT2D eigenvalue weighted by atomic mass is 19.1. The van der Waals surface area contributed by atoms with Crippen molar-refractivity contribution in [2.75, 3.05) is 0 Å². The number of hydrogen-bond acceptors (Lipinski definition) is 1. The van der Waals surface area contributed by atoms with Gasteiger partial charge in [-0.15, -0.1) is 0 Å². The van der Waals surface area contributed by atoms with Crippen molar-refractivity contribution in [1.82, 2.24) is 4.98 Å². The standard InChI is InChI=1S/C13H13F2NO/c1-6(2)11-7(3)16-10-5-8(14)4-9(15)12(10)13(11)17/h4-6H,1-3H3,(H,16,17). The normalized spacial score (nSPS) is 11.4. The average molecular weight is 237 g/mol. The molecule has 1 heterocycles. The van der Waals surface area contributed by atoms with Crippen LogP contribution in [0.2, 0.25) is 0 Å². The molecule has 2 nitrogen and oxygen atoms in total. The van der Waals surface area contributed by atoms with Crippen LogP contribution in [0.25, 0.3) is 10.9 Å². The Kier molecular flexibility index (Phi) is 2.73. The molecule has 0 aliphatic heterocycles. The van der Waals surface area contributed by atoms with Crippen LogP contribution >= 0.6 is 0 Å². The number of benzene rings is 1. The minimum atomic E-state index is -0.817. The molecule has 17 heavy (non-hydrogen) atoms. The van der Waals surface area contributed by atoms with Gasteiger partial charge in [-0.05, 0) is 18.9 Å². The maximum absolute atomic E-state index is 13.6. The Hall–Kier alpha value is -1.71. The molecule has 0 saturated carbocycles. The molecule has 1 aromatic heterocycles. The zero-order valence-electron chi connectivity index (χ0n) is 9.90. The first-order chi connectivity index (χ1) is 7.91. The third-order valence-corrected chi connectivity index (χ3v) is 2.83. The van der Waals surface area contributed by atoms with Gasteiger partial charge >= 0.3 is 0 Å². The Morgan fingerprint density at radius 2 is 1.88 bits per heavy atom. The molecule has 1 aromatic carbocycles. The molecule has 0 saturated heterocycles. The molecule has 1 N–H and O–H groups in total. The van der Waals surface area contributed by atoms with Gasteiger partial charge in [-0.3, -0.25) is 4.79 Å². The Morgan fingerprint density at radius 3 is 2.47 bits per heavy atom. The van der Waals surface area contributed by atoms with Crippen LogP contribution in [-0.4, -0.2) is 4.98 Å². The first kappa shape index (κ1) is 11.8. The van der Waals surface area contributed by atoms with Gasteiger partial charge < -0.3 is 4.98 Å². The van der Waals surface area contributed by atoms with E-state index in [2.05, 4.69) is 4.98 Å². The minimum Gasteiger partial charge on any atom is -0.358 e. The lowest BCUT2D eigenvalue weighted by atomic mass is 9.99. The first-order valence-electron chi connectivity index (χ1n) is 5.43. The molecule has 90 valence electrons. The van der Waals surface area contributed by atoms with Crippen molar-refractivity contribution >= 4 is 10.9 Å². The van der Waals surface area contributed by atoms with E-state index in [0.717, 1.165) is 12.1 Å². The quantitative estimate of drug-likeness (QED) is 0.811. The molecule has 0 unspecified atom stereocenters. The van der Waals surface area contributed by atoms with Gasteiger partial charge in [-0.2, -0.15) is 0 Å². The fraction of sp³-hybridized carbons (Fsp3) is 0.308. The van der Waals surface area contributed by atoms with Crippen molar-refractivity contribution in [1.29, 1.82) is 0 Å². The summed E-state index contributed by atoms with van der Waals surface area (Å²) in [7, 11) is 0. The minimum absolute atomic E-state index is 0.00685. The zero-order chi connectivity index (χ0) is 12.7. The van der Waals surface area contributed by atoms with E-state index < -0.39 is 11.6 Å². The highest BCUT2D eigenvalue weighted by Crippen LogP contribution is 2.20. The smallest absolute Gasteiger partial charge is 0.196 e. The van der Waals surface area contributed by atoms with Crippen molar-refractivity contribution in [2.24, 2.45) is 0 Å². The van der Waals surface area contributed by atoms with Gasteiger partial charge in [0.1, 0.15) is 11.6 Å². The summed E-state index contributed by atoms with van der Waals surface area (Å²) in [5.41, 5.74) is 1.05. The Labute approximate surface area is 97.3 Å². The number of rotatable bonds is 1. The molecule has 0 aliphatic carbocycles. The van der Waals surface area contributed by atoms with Gasteiger partial charge in [0.15, 0.2) is 5.43 Å². The number of aryl methyl sites for hydroxylation is 1. The number of aromatic amines is 1. The summed E-state index contributed by atoms with van der Waals surface area (Å²) >= 11 is 0. The first-order valence-corrected chi connectivity index (χ1v) is 5.43. The third kappa shape index (κ3) is 1.84. The molecule has 2 rings (SSSR count). The molecular formula is C13H13F2NO. The molecular weight excluding hydrogens is 224 g/mol. The van der Waals surface area contributed by atoms with Gasteiger partial charge in [0, 0.05) is 17.3 Å². The number of H-pyrrole nitrogens is 1. The van der Waals surface area contributed by atoms with E-state index in [0.29, 0.717) is 11.3 Å². The van der Waals surface area contributed by atoms with Gasteiger partial charge in [-0.25, -0.2) is 8.78 Å². The maximum atomic E-state index is 13.6. The van der Waals surface area contributed by atoms with Crippen LogP contribution in [0.5, 0.6) is 0 Å². The highest BCUT2D eigenvalue weighted by Gasteiger charge is 2.15. The van der Waals surface area contributed by atoms with E-state index >= 15 is 0 Å². The van der Waals surface area contributed by atoms with E-state index in [1.807, 2.05) is 13.8 Å². The molecule has 0 radical (unpaired) electrons. The number of fused-ring (bicyclic) bond motifs is 1. The number of nitrogens with one attached hydrogen (secondary N) is 1. The average Bonchev–Trinajstić information content (AvgIpc) is 2.13. The van der Waals surface area contributed by atoms with Gasteiger partial charge in [-0.1, -0.05) is 13.8 Å². The van der Waals surface area contributed by atoms with Crippen LogP contribution in [0, 0.1) is 18.6 Å². The topological polar surface area (TPSA) is 32.9 Å². The van der Waals surface area contributed by atoms with Crippen LogP contribution in [0.3, 0.4) is 0 Å². The van der Waals surface area contributed by atoms with Crippen LogP contribution in [-0.2, 0) is 0 Å². The van der Waals surface area contributed by atoms with Crippen molar-refractivity contribution in [3.63, 3.8) is 0 Å². The molecule has 0 spiro atoms. The van der Waals surface area contributed by atoms with E-state index in [1.54, 1.807) is 6.92 Å². The molecule has 2 aromatic rings. The predicted molar refractivity (Wildman–Crippen MR) is 63.3 cm³/mol. The van der Waals surface area contributed by atoms with Crippen molar-refractivity contribution in [3.05, 3.63) is 45.2 Å². The van der Waals surface area contributed by atoms with Crippen LogP contribution in [0.1, 0.15) is 31.0 Å². The molecule has 0 aliphatic rings. The molecule has 0 fully saturated rings. The summed E-state index contributed by atoms with van der Waals surface area (Å²) in [6.45, 7) is 5.47. The Morgan fingerprint density at radius 1 is 1.24 bits per heavy atom. The maximum Gasteiger partial charge on any atom is 0.196 e. The van der Waals surface area contributed by atoms with E-state index in [-0.39, 0.29) is 22.2 Å². The van der Waals surface area contributed by atoms with E-state index in [4.69, 9.17) is 0 Å².